The maximum absolute atomic E-state index is 13.0. The number of esters is 1. The van der Waals surface area contributed by atoms with E-state index in [4.69, 9.17) is 4.74 Å². The Balaban J connectivity index is 1.62. The number of alkyl halides is 3. The van der Waals surface area contributed by atoms with E-state index < -0.39 is 17.7 Å². The van der Waals surface area contributed by atoms with Gasteiger partial charge in [-0.3, -0.25) is 4.79 Å². The van der Waals surface area contributed by atoms with Crippen molar-refractivity contribution in [2.75, 3.05) is 0 Å². The first kappa shape index (κ1) is 22.5. The predicted octanol–water partition coefficient (Wildman–Crippen LogP) is 5.98. The van der Waals surface area contributed by atoms with Crippen LogP contribution in [0.25, 0.3) is 16.2 Å². The van der Waals surface area contributed by atoms with Crippen LogP contribution in [0.3, 0.4) is 0 Å². The summed E-state index contributed by atoms with van der Waals surface area (Å²) < 4.78 is 45.3. The van der Waals surface area contributed by atoms with E-state index in [2.05, 4.69) is 4.98 Å². The van der Waals surface area contributed by atoms with Crippen molar-refractivity contribution >= 4 is 33.5 Å². The van der Waals surface area contributed by atoms with Crippen LogP contribution in [0, 0.1) is 0 Å². The molecule has 2 aromatic heterocycles. The normalized spacial score (nSPS) is 12.2. The zero-order valence-corrected chi connectivity index (χ0v) is 18.0. The molecule has 2 aromatic carbocycles. The third-order valence-corrected chi connectivity index (χ3v) is 5.99. The predicted molar refractivity (Wildman–Crippen MR) is 122 cm³/mol. The third kappa shape index (κ3) is 5.40. The summed E-state index contributed by atoms with van der Waals surface area (Å²) >= 11 is 1.52. The lowest BCUT2D eigenvalue weighted by Crippen LogP contribution is -2.16. The molecule has 0 bridgehead atoms. The highest BCUT2D eigenvalue weighted by atomic mass is 32.1. The molecule has 0 saturated heterocycles. The number of hydrogen-bond donors (Lipinski definition) is 1. The van der Waals surface area contributed by atoms with Gasteiger partial charge in [-0.15, -0.1) is 11.3 Å². The van der Waals surface area contributed by atoms with Crippen LogP contribution >= 0.6 is 11.3 Å². The SMILES string of the molecule is O=C(OCc1cccc(C(F)(F)F)c1)C(=Cc1csc2ccccc12)Cc1ccc[nH]c1=O. The second-order valence-electron chi connectivity index (χ2n) is 7.33. The Morgan fingerprint density at radius 2 is 1.88 bits per heavy atom. The number of aromatic nitrogens is 1. The Labute approximate surface area is 191 Å². The average molecular weight is 469 g/mol. The van der Waals surface area contributed by atoms with Gasteiger partial charge in [-0.25, -0.2) is 4.79 Å². The lowest BCUT2D eigenvalue weighted by molar-refractivity contribution is -0.140. The molecule has 168 valence electrons. The van der Waals surface area contributed by atoms with Crippen LogP contribution < -0.4 is 5.56 Å². The fourth-order valence-electron chi connectivity index (χ4n) is 3.36. The Bertz CT molecular complexity index is 1390. The van der Waals surface area contributed by atoms with Crippen molar-refractivity contribution in [1.82, 2.24) is 4.98 Å². The summed E-state index contributed by atoms with van der Waals surface area (Å²) in [6, 6.07) is 15.6. The molecule has 2 heterocycles. The quantitative estimate of drug-likeness (QED) is 0.279. The highest BCUT2D eigenvalue weighted by Gasteiger charge is 2.30. The van der Waals surface area contributed by atoms with Crippen LogP contribution in [0.15, 0.2) is 82.6 Å². The monoisotopic (exact) mass is 469 g/mol. The number of carbonyl (C=O) groups is 1. The number of nitrogens with one attached hydrogen (secondary N) is 1. The highest BCUT2D eigenvalue weighted by molar-refractivity contribution is 7.17. The van der Waals surface area contributed by atoms with Gasteiger partial charge in [-0.2, -0.15) is 13.2 Å². The van der Waals surface area contributed by atoms with Gasteiger partial charge in [-0.1, -0.05) is 36.4 Å². The van der Waals surface area contributed by atoms with E-state index in [1.54, 1.807) is 18.2 Å². The topological polar surface area (TPSA) is 59.2 Å². The molecule has 0 fully saturated rings. The molecule has 8 heteroatoms. The number of halogens is 3. The van der Waals surface area contributed by atoms with Crippen LogP contribution in [0.2, 0.25) is 0 Å². The van der Waals surface area contributed by atoms with Crippen LogP contribution in [-0.2, 0) is 28.7 Å². The van der Waals surface area contributed by atoms with Crippen molar-refractivity contribution in [3.05, 3.63) is 110 Å². The summed E-state index contributed by atoms with van der Waals surface area (Å²) in [4.78, 5) is 27.7. The molecule has 0 aliphatic heterocycles. The molecule has 0 saturated carbocycles. The zero-order valence-electron chi connectivity index (χ0n) is 17.2. The molecule has 1 N–H and O–H groups in total. The summed E-state index contributed by atoms with van der Waals surface area (Å²) in [6.45, 7) is -0.324. The smallest absolute Gasteiger partial charge is 0.416 e. The molecule has 4 nitrogen and oxygen atoms in total. The molecule has 4 rings (SSSR count). The van der Waals surface area contributed by atoms with E-state index in [1.807, 2.05) is 29.6 Å². The Morgan fingerprint density at radius 3 is 2.67 bits per heavy atom. The summed E-state index contributed by atoms with van der Waals surface area (Å²) in [5, 5.41) is 2.85. The number of fused-ring (bicyclic) bond motifs is 1. The van der Waals surface area contributed by atoms with Crippen molar-refractivity contribution in [2.24, 2.45) is 0 Å². The van der Waals surface area contributed by atoms with E-state index in [-0.39, 0.29) is 29.7 Å². The van der Waals surface area contributed by atoms with Crippen LogP contribution in [0.1, 0.15) is 22.3 Å². The van der Waals surface area contributed by atoms with Crippen molar-refractivity contribution < 1.29 is 22.7 Å². The number of thiophene rings is 1. The molecule has 0 radical (unpaired) electrons. The molecule has 4 aromatic rings. The Morgan fingerprint density at radius 1 is 1.06 bits per heavy atom. The van der Waals surface area contributed by atoms with Gasteiger partial charge in [0.25, 0.3) is 5.56 Å². The van der Waals surface area contributed by atoms with E-state index in [1.165, 1.54) is 29.7 Å². The molecule has 0 atom stereocenters. The summed E-state index contributed by atoms with van der Waals surface area (Å²) in [5.74, 6) is -0.703. The van der Waals surface area contributed by atoms with Gasteiger partial charge in [0, 0.05) is 28.5 Å². The van der Waals surface area contributed by atoms with Gasteiger partial charge in [0.15, 0.2) is 0 Å². The lowest BCUT2D eigenvalue weighted by atomic mass is 10.0. The fraction of sp³-hybridized carbons (Fsp3) is 0.120. The highest BCUT2D eigenvalue weighted by Crippen LogP contribution is 2.30. The van der Waals surface area contributed by atoms with E-state index >= 15 is 0 Å². The van der Waals surface area contributed by atoms with Crippen molar-refractivity contribution in [3.63, 3.8) is 0 Å². The number of hydrogen-bond acceptors (Lipinski definition) is 4. The molecule has 0 unspecified atom stereocenters. The van der Waals surface area contributed by atoms with Crippen LogP contribution in [0.5, 0.6) is 0 Å². The molecule has 0 amide bonds. The summed E-state index contributed by atoms with van der Waals surface area (Å²) in [7, 11) is 0. The van der Waals surface area contributed by atoms with Crippen molar-refractivity contribution in [3.8, 4) is 0 Å². The molecular formula is C25H18F3NO3S. The third-order valence-electron chi connectivity index (χ3n) is 5.01. The van der Waals surface area contributed by atoms with Gasteiger partial charge < -0.3 is 9.72 Å². The first-order valence-corrected chi connectivity index (χ1v) is 10.9. The van der Waals surface area contributed by atoms with Crippen molar-refractivity contribution in [1.29, 1.82) is 0 Å². The van der Waals surface area contributed by atoms with Crippen LogP contribution in [0.4, 0.5) is 13.2 Å². The molecule has 0 aliphatic rings. The van der Waals surface area contributed by atoms with E-state index in [0.29, 0.717) is 5.56 Å². The Kier molecular flexibility index (Phi) is 6.46. The maximum atomic E-state index is 13.0. The molecule has 33 heavy (non-hydrogen) atoms. The van der Waals surface area contributed by atoms with Gasteiger partial charge >= 0.3 is 12.1 Å². The standard InChI is InChI=1S/C25H18F3NO3S/c26-25(27,28)20-7-3-5-16(11-20)14-32-24(31)18(12-17-6-4-10-29-23(17)30)13-19-15-33-22-9-2-1-8-21(19)22/h1-11,13,15H,12,14H2,(H,29,30). The number of aromatic amines is 1. The number of carbonyl (C=O) groups excluding carboxylic acids is 1. The molecule has 0 spiro atoms. The molecule has 0 aliphatic carbocycles. The minimum atomic E-state index is -4.49. The van der Waals surface area contributed by atoms with E-state index in [9.17, 15) is 22.8 Å². The molecular weight excluding hydrogens is 451 g/mol. The number of H-pyrrole nitrogens is 1. The lowest BCUT2D eigenvalue weighted by Gasteiger charge is -2.11. The maximum Gasteiger partial charge on any atom is 0.416 e. The second kappa shape index (κ2) is 9.46. The average Bonchev–Trinajstić information content (AvgIpc) is 3.21. The largest absolute Gasteiger partial charge is 0.457 e. The second-order valence-corrected chi connectivity index (χ2v) is 8.24. The Hall–Kier alpha value is -3.65. The van der Waals surface area contributed by atoms with Gasteiger partial charge in [0.05, 0.1) is 5.56 Å². The van der Waals surface area contributed by atoms with Gasteiger partial charge in [-0.05, 0) is 52.2 Å². The van der Waals surface area contributed by atoms with Gasteiger partial charge in [0.1, 0.15) is 6.61 Å². The minimum Gasteiger partial charge on any atom is -0.457 e. The minimum absolute atomic E-state index is 0.0156. The van der Waals surface area contributed by atoms with E-state index in [0.717, 1.165) is 27.8 Å². The number of pyridine rings is 1. The first-order valence-electron chi connectivity index (χ1n) is 9.98. The number of benzene rings is 2. The van der Waals surface area contributed by atoms with Crippen LogP contribution in [-0.4, -0.2) is 11.0 Å². The zero-order chi connectivity index (χ0) is 23.4. The van der Waals surface area contributed by atoms with Gasteiger partial charge in [0.2, 0.25) is 0 Å². The summed E-state index contributed by atoms with van der Waals surface area (Å²) in [5.41, 5.74) is 0.475. The summed E-state index contributed by atoms with van der Waals surface area (Å²) in [6.07, 6.45) is -1.31. The number of ether oxygens (including phenoxy) is 1. The fourth-order valence-corrected chi connectivity index (χ4v) is 4.28. The number of rotatable bonds is 6. The first-order chi connectivity index (χ1) is 15.8. The van der Waals surface area contributed by atoms with Crippen molar-refractivity contribution in [2.45, 2.75) is 19.2 Å².